The Hall–Kier alpha value is -0.120. The van der Waals surface area contributed by atoms with Crippen molar-refractivity contribution in [3.05, 3.63) is 0 Å². The van der Waals surface area contributed by atoms with E-state index in [4.69, 9.17) is 4.74 Å². The normalized spacial score (nSPS) is 35.2. The Morgan fingerprint density at radius 3 is 2.55 bits per heavy atom. The average Bonchev–Trinajstić information content (AvgIpc) is 2.51. The molecule has 2 aliphatic heterocycles. The lowest BCUT2D eigenvalue weighted by Crippen LogP contribution is -2.58. The maximum absolute atomic E-state index is 5.50. The Morgan fingerprint density at radius 2 is 1.80 bits per heavy atom. The molecule has 3 rings (SSSR count). The number of piperazine rings is 1. The predicted molar refractivity (Wildman–Crippen MR) is 82.9 cm³/mol. The minimum Gasteiger partial charge on any atom is -0.381 e. The van der Waals surface area contributed by atoms with Crippen molar-refractivity contribution in [1.82, 2.24) is 10.2 Å². The van der Waals surface area contributed by atoms with E-state index in [1.54, 1.807) is 0 Å². The molecule has 3 heteroatoms. The lowest BCUT2D eigenvalue weighted by atomic mass is 9.82. The first-order chi connectivity index (χ1) is 9.83. The van der Waals surface area contributed by atoms with Crippen LogP contribution in [0.2, 0.25) is 0 Å². The SMILES string of the molecule is CC1CNC(C2CCCCC2)CN1CC1CCOCC1. The van der Waals surface area contributed by atoms with Crippen molar-refractivity contribution in [1.29, 1.82) is 0 Å². The first-order valence-electron chi connectivity index (χ1n) is 8.88. The fourth-order valence-electron chi connectivity index (χ4n) is 4.32. The molecule has 0 radical (unpaired) electrons. The van der Waals surface area contributed by atoms with Crippen LogP contribution in [0.3, 0.4) is 0 Å². The standard InChI is InChI=1S/C17H32N2O/c1-14-11-18-17(16-5-3-2-4-6-16)13-19(14)12-15-7-9-20-10-8-15/h14-18H,2-13H2,1H3. The second kappa shape index (κ2) is 7.24. The number of nitrogens with zero attached hydrogens (tertiary/aromatic N) is 1. The lowest BCUT2D eigenvalue weighted by Gasteiger charge is -2.44. The molecule has 116 valence electrons. The predicted octanol–water partition coefficient (Wildman–Crippen LogP) is 2.66. The summed E-state index contributed by atoms with van der Waals surface area (Å²) < 4.78 is 5.50. The monoisotopic (exact) mass is 280 g/mol. The molecule has 2 atom stereocenters. The number of hydrogen-bond donors (Lipinski definition) is 1. The summed E-state index contributed by atoms with van der Waals surface area (Å²) in [5.41, 5.74) is 0. The minimum absolute atomic E-state index is 0.706. The van der Waals surface area contributed by atoms with Gasteiger partial charge in [0.15, 0.2) is 0 Å². The third kappa shape index (κ3) is 3.75. The first kappa shape index (κ1) is 14.8. The summed E-state index contributed by atoms with van der Waals surface area (Å²) in [7, 11) is 0. The molecular formula is C17H32N2O. The first-order valence-corrected chi connectivity index (χ1v) is 8.88. The van der Waals surface area contributed by atoms with Crippen molar-refractivity contribution in [2.75, 3.05) is 32.8 Å². The van der Waals surface area contributed by atoms with E-state index in [0.29, 0.717) is 6.04 Å². The van der Waals surface area contributed by atoms with E-state index in [-0.39, 0.29) is 0 Å². The topological polar surface area (TPSA) is 24.5 Å². The van der Waals surface area contributed by atoms with Crippen molar-refractivity contribution < 1.29 is 4.74 Å². The van der Waals surface area contributed by atoms with Crippen molar-refractivity contribution >= 4 is 0 Å². The van der Waals surface area contributed by atoms with Crippen molar-refractivity contribution in [3.63, 3.8) is 0 Å². The molecule has 3 nitrogen and oxygen atoms in total. The zero-order valence-electron chi connectivity index (χ0n) is 13.2. The third-order valence-electron chi connectivity index (χ3n) is 5.78. The van der Waals surface area contributed by atoms with Gasteiger partial charge in [-0.1, -0.05) is 19.3 Å². The van der Waals surface area contributed by atoms with Gasteiger partial charge in [-0.25, -0.2) is 0 Å². The molecule has 0 aromatic heterocycles. The van der Waals surface area contributed by atoms with Crippen LogP contribution in [-0.2, 0) is 4.74 Å². The highest BCUT2D eigenvalue weighted by Crippen LogP contribution is 2.29. The maximum atomic E-state index is 5.50. The molecule has 2 heterocycles. The Bertz CT molecular complexity index is 285. The van der Waals surface area contributed by atoms with E-state index < -0.39 is 0 Å². The molecule has 3 aliphatic rings. The zero-order valence-corrected chi connectivity index (χ0v) is 13.2. The van der Waals surface area contributed by atoms with Crippen LogP contribution in [0, 0.1) is 11.8 Å². The van der Waals surface area contributed by atoms with E-state index in [1.165, 1.54) is 64.6 Å². The van der Waals surface area contributed by atoms with E-state index in [1.807, 2.05) is 0 Å². The summed E-state index contributed by atoms with van der Waals surface area (Å²) in [5.74, 6) is 1.81. The van der Waals surface area contributed by atoms with Gasteiger partial charge in [0, 0.05) is 44.9 Å². The molecule has 2 unspecified atom stereocenters. The summed E-state index contributed by atoms with van der Waals surface area (Å²) in [6.07, 6.45) is 9.83. The van der Waals surface area contributed by atoms with E-state index in [0.717, 1.165) is 31.1 Å². The van der Waals surface area contributed by atoms with Gasteiger partial charge in [0.1, 0.15) is 0 Å². The van der Waals surface area contributed by atoms with Gasteiger partial charge in [-0.3, -0.25) is 4.90 Å². The number of ether oxygens (including phenoxy) is 1. The molecule has 20 heavy (non-hydrogen) atoms. The van der Waals surface area contributed by atoms with Crippen LogP contribution in [0.4, 0.5) is 0 Å². The summed E-state index contributed by atoms with van der Waals surface area (Å²) in [5, 5.41) is 3.84. The van der Waals surface area contributed by atoms with E-state index >= 15 is 0 Å². The zero-order chi connectivity index (χ0) is 13.8. The molecule has 2 saturated heterocycles. The highest BCUT2D eigenvalue weighted by atomic mass is 16.5. The fourth-order valence-corrected chi connectivity index (χ4v) is 4.32. The molecule has 3 fully saturated rings. The molecule has 0 bridgehead atoms. The second-order valence-corrected chi connectivity index (χ2v) is 7.27. The van der Waals surface area contributed by atoms with Crippen LogP contribution in [0.5, 0.6) is 0 Å². The lowest BCUT2D eigenvalue weighted by molar-refractivity contribution is 0.0321. The molecule has 0 spiro atoms. The quantitative estimate of drug-likeness (QED) is 0.860. The Morgan fingerprint density at radius 1 is 1.05 bits per heavy atom. The summed E-state index contributed by atoms with van der Waals surface area (Å²) in [4.78, 5) is 2.77. The maximum Gasteiger partial charge on any atom is 0.0469 e. The van der Waals surface area contributed by atoms with Gasteiger partial charge in [-0.15, -0.1) is 0 Å². The number of nitrogens with one attached hydrogen (secondary N) is 1. The Balaban J connectivity index is 1.52. The van der Waals surface area contributed by atoms with Crippen LogP contribution < -0.4 is 5.32 Å². The highest BCUT2D eigenvalue weighted by Gasteiger charge is 2.32. The van der Waals surface area contributed by atoms with Crippen LogP contribution in [0.1, 0.15) is 51.9 Å². The van der Waals surface area contributed by atoms with Gasteiger partial charge in [-0.05, 0) is 44.4 Å². The van der Waals surface area contributed by atoms with Gasteiger partial charge in [-0.2, -0.15) is 0 Å². The molecule has 0 aromatic carbocycles. The number of rotatable bonds is 3. The van der Waals surface area contributed by atoms with Crippen molar-refractivity contribution in [2.45, 2.75) is 64.0 Å². The fraction of sp³-hybridized carbons (Fsp3) is 1.00. The molecule has 0 amide bonds. The van der Waals surface area contributed by atoms with Gasteiger partial charge in [0.05, 0.1) is 0 Å². The van der Waals surface area contributed by atoms with Crippen LogP contribution in [0.15, 0.2) is 0 Å². The van der Waals surface area contributed by atoms with Gasteiger partial charge in [0.2, 0.25) is 0 Å². The number of hydrogen-bond acceptors (Lipinski definition) is 3. The molecular weight excluding hydrogens is 248 g/mol. The highest BCUT2D eigenvalue weighted by molar-refractivity contribution is 4.90. The minimum atomic E-state index is 0.706. The van der Waals surface area contributed by atoms with Gasteiger partial charge in [0.25, 0.3) is 0 Å². The molecule has 1 N–H and O–H groups in total. The van der Waals surface area contributed by atoms with Gasteiger partial charge >= 0.3 is 0 Å². The average molecular weight is 280 g/mol. The second-order valence-electron chi connectivity index (χ2n) is 7.27. The van der Waals surface area contributed by atoms with Crippen molar-refractivity contribution in [2.24, 2.45) is 11.8 Å². The summed E-state index contributed by atoms with van der Waals surface area (Å²) >= 11 is 0. The molecule has 0 aromatic rings. The Labute approximate surface area is 124 Å². The van der Waals surface area contributed by atoms with Gasteiger partial charge < -0.3 is 10.1 Å². The van der Waals surface area contributed by atoms with E-state index in [2.05, 4.69) is 17.1 Å². The largest absolute Gasteiger partial charge is 0.381 e. The van der Waals surface area contributed by atoms with Crippen LogP contribution in [-0.4, -0.2) is 49.8 Å². The van der Waals surface area contributed by atoms with Crippen molar-refractivity contribution in [3.8, 4) is 0 Å². The smallest absolute Gasteiger partial charge is 0.0469 e. The van der Waals surface area contributed by atoms with E-state index in [9.17, 15) is 0 Å². The Kier molecular flexibility index (Phi) is 5.36. The van der Waals surface area contributed by atoms with Crippen LogP contribution >= 0.6 is 0 Å². The van der Waals surface area contributed by atoms with Crippen LogP contribution in [0.25, 0.3) is 0 Å². The summed E-state index contributed by atoms with van der Waals surface area (Å²) in [6.45, 7) is 8.13. The third-order valence-corrected chi connectivity index (χ3v) is 5.78. The molecule has 1 saturated carbocycles. The summed E-state index contributed by atoms with van der Waals surface area (Å²) in [6, 6.07) is 1.46. The molecule has 1 aliphatic carbocycles.